The number of piperidine rings is 1. The number of rotatable bonds is 14. The summed E-state index contributed by atoms with van der Waals surface area (Å²) < 4.78 is 4.78. The molecule has 4 atom stereocenters. The molecule has 12 nitrogen and oxygen atoms in total. The second kappa shape index (κ2) is 16.9. The number of nitrogens with one attached hydrogen (secondary N) is 3. The number of carbonyl (C=O) groups is 5. The van der Waals surface area contributed by atoms with Crippen molar-refractivity contribution in [2.45, 2.75) is 76.0 Å². The number of esters is 1. The van der Waals surface area contributed by atoms with Gasteiger partial charge in [-0.2, -0.15) is 0 Å². The zero-order chi connectivity index (χ0) is 33.9. The van der Waals surface area contributed by atoms with Crippen LogP contribution in [0.5, 0.6) is 0 Å². The van der Waals surface area contributed by atoms with Crippen molar-refractivity contribution in [3.63, 3.8) is 0 Å². The maximum atomic E-state index is 13.7. The lowest BCUT2D eigenvalue weighted by molar-refractivity contribution is -0.150. The van der Waals surface area contributed by atoms with Crippen LogP contribution < -0.4 is 27.4 Å². The van der Waals surface area contributed by atoms with Crippen LogP contribution in [0.25, 0.3) is 0 Å². The molecule has 7 N–H and O–H groups in total. The van der Waals surface area contributed by atoms with Crippen molar-refractivity contribution in [1.82, 2.24) is 20.9 Å². The van der Waals surface area contributed by atoms with Crippen LogP contribution in [0.1, 0.15) is 57.1 Å². The molecule has 1 saturated heterocycles. The predicted molar refractivity (Wildman–Crippen MR) is 174 cm³/mol. The fraction of sp³-hybridized carbons (Fsp3) is 0.500. The smallest absolute Gasteiger partial charge is 0.325 e. The minimum atomic E-state index is -1.14. The molecule has 0 bridgehead atoms. The highest BCUT2D eigenvalue weighted by Crippen LogP contribution is 2.21. The fourth-order valence-corrected chi connectivity index (χ4v) is 5.45. The molecular formula is C34H48N6O6. The first-order chi connectivity index (χ1) is 21.8. The standard InChI is InChI=1S/C34H48N6O6/c1-22(2)19-26(30(42)37-21-28(41)40-17-15-34(36,16-18-40)33(45)46-4)38-31(43)27(20-24-11-7-5-8-12-24)39-32(44)29(35)23(3)25-13-9-6-10-14-25/h5-14,22-23,26-27,29H,15-21,35-36H2,1-4H3,(H,37,42)(H,38,43)(H,39,44)/t23-,26-,27-,29-/m1/s1. The number of likely N-dealkylation sites (tertiary alicyclic amines) is 1. The SMILES string of the molecule is COC(=O)C1(N)CCN(C(=O)CNC(=O)[C@@H](CC(C)C)NC(=O)[C@@H](Cc2ccccc2)NC(=O)[C@H](N)[C@H](C)c2ccccc2)CC1. The Morgan fingerprint density at radius 2 is 1.41 bits per heavy atom. The van der Waals surface area contributed by atoms with Crippen LogP contribution in [-0.2, 0) is 35.1 Å². The van der Waals surface area contributed by atoms with Crippen LogP contribution in [0.15, 0.2) is 60.7 Å². The van der Waals surface area contributed by atoms with Gasteiger partial charge in [-0.3, -0.25) is 24.0 Å². The van der Waals surface area contributed by atoms with E-state index in [0.29, 0.717) is 6.42 Å². The van der Waals surface area contributed by atoms with Gasteiger partial charge in [-0.15, -0.1) is 0 Å². The molecular weight excluding hydrogens is 588 g/mol. The molecule has 0 aliphatic carbocycles. The number of nitrogens with two attached hydrogens (primary N) is 2. The summed E-state index contributed by atoms with van der Waals surface area (Å²) in [5.74, 6) is -2.66. The van der Waals surface area contributed by atoms with Crippen molar-refractivity contribution in [2.24, 2.45) is 17.4 Å². The van der Waals surface area contributed by atoms with Gasteiger partial charge in [0, 0.05) is 25.4 Å². The molecule has 1 aliphatic rings. The lowest BCUT2D eigenvalue weighted by Gasteiger charge is -2.37. The molecule has 0 spiro atoms. The van der Waals surface area contributed by atoms with Crippen molar-refractivity contribution in [3.8, 4) is 0 Å². The van der Waals surface area contributed by atoms with Gasteiger partial charge in [-0.25, -0.2) is 0 Å². The lowest BCUT2D eigenvalue weighted by atomic mass is 9.88. The summed E-state index contributed by atoms with van der Waals surface area (Å²) in [6.07, 6.45) is 0.977. The molecule has 2 aromatic carbocycles. The Labute approximate surface area is 271 Å². The zero-order valence-electron chi connectivity index (χ0n) is 27.2. The largest absolute Gasteiger partial charge is 0.468 e. The van der Waals surface area contributed by atoms with Crippen LogP contribution in [-0.4, -0.2) is 84.9 Å². The van der Waals surface area contributed by atoms with Gasteiger partial charge in [-0.1, -0.05) is 81.4 Å². The highest BCUT2D eigenvalue weighted by Gasteiger charge is 2.40. The number of amides is 4. The molecule has 2 aromatic rings. The Bertz CT molecular complexity index is 1330. The van der Waals surface area contributed by atoms with Crippen LogP contribution in [0.3, 0.4) is 0 Å². The zero-order valence-corrected chi connectivity index (χ0v) is 27.2. The van der Waals surface area contributed by atoms with Crippen molar-refractivity contribution < 1.29 is 28.7 Å². The minimum absolute atomic E-state index is 0.0344. The summed E-state index contributed by atoms with van der Waals surface area (Å²) in [6, 6.07) is 15.8. The van der Waals surface area contributed by atoms with Gasteiger partial charge in [0.15, 0.2) is 0 Å². The van der Waals surface area contributed by atoms with Crippen molar-refractivity contribution in [2.75, 3.05) is 26.7 Å². The number of nitrogens with zero attached hydrogens (tertiary/aromatic N) is 1. The van der Waals surface area contributed by atoms with E-state index in [4.69, 9.17) is 16.2 Å². The highest BCUT2D eigenvalue weighted by atomic mass is 16.5. The van der Waals surface area contributed by atoms with Crippen LogP contribution in [0.4, 0.5) is 0 Å². The monoisotopic (exact) mass is 636 g/mol. The number of hydrogen-bond acceptors (Lipinski definition) is 8. The quantitative estimate of drug-likeness (QED) is 0.190. The Morgan fingerprint density at radius 1 is 0.848 bits per heavy atom. The first-order valence-electron chi connectivity index (χ1n) is 15.7. The molecule has 0 saturated carbocycles. The van der Waals surface area contributed by atoms with Gasteiger partial charge in [0.1, 0.15) is 17.6 Å². The van der Waals surface area contributed by atoms with E-state index in [1.54, 1.807) is 0 Å². The molecule has 0 radical (unpaired) electrons. The highest BCUT2D eigenvalue weighted by molar-refractivity contribution is 5.94. The number of methoxy groups -OCH3 is 1. The molecule has 1 fully saturated rings. The van der Waals surface area contributed by atoms with Crippen molar-refractivity contribution >= 4 is 29.6 Å². The molecule has 1 aliphatic heterocycles. The Morgan fingerprint density at radius 3 is 1.98 bits per heavy atom. The third kappa shape index (κ3) is 10.1. The molecule has 12 heteroatoms. The van der Waals surface area contributed by atoms with Crippen LogP contribution in [0.2, 0.25) is 0 Å². The van der Waals surface area contributed by atoms with E-state index in [1.165, 1.54) is 12.0 Å². The summed E-state index contributed by atoms with van der Waals surface area (Å²) in [6.45, 7) is 5.90. The van der Waals surface area contributed by atoms with Gasteiger partial charge >= 0.3 is 5.97 Å². The second-order valence-electron chi connectivity index (χ2n) is 12.4. The summed E-state index contributed by atoms with van der Waals surface area (Å²) in [7, 11) is 1.27. The second-order valence-corrected chi connectivity index (χ2v) is 12.4. The topological polar surface area (TPSA) is 186 Å². The Kier molecular flexibility index (Phi) is 13.3. The number of ether oxygens (including phenoxy) is 1. The molecule has 3 rings (SSSR count). The average Bonchev–Trinajstić information content (AvgIpc) is 3.06. The van der Waals surface area contributed by atoms with Crippen molar-refractivity contribution in [3.05, 3.63) is 71.8 Å². The molecule has 0 aromatic heterocycles. The van der Waals surface area contributed by atoms with E-state index in [1.807, 2.05) is 81.4 Å². The third-order valence-corrected chi connectivity index (χ3v) is 8.44. The average molecular weight is 637 g/mol. The summed E-state index contributed by atoms with van der Waals surface area (Å²) >= 11 is 0. The summed E-state index contributed by atoms with van der Waals surface area (Å²) in [5.41, 5.74) is 13.0. The summed E-state index contributed by atoms with van der Waals surface area (Å²) in [4.78, 5) is 66.7. The van der Waals surface area contributed by atoms with E-state index in [0.717, 1.165) is 11.1 Å². The van der Waals surface area contributed by atoms with Crippen molar-refractivity contribution in [1.29, 1.82) is 0 Å². The molecule has 1 heterocycles. The van der Waals surface area contributed by atoms with Gasteiger partial charge in [0.25, 0.3) is 0 Å². The van der Waals surface area contributed by atoms with E-state index in [2.05, 4.69) is 16.0 Å². The first-order valence-corrected chi connectivity index (χ1v) is 15.7. The maximum absolute atomic E-state index is 13.7. The van der Waals surface area contributed by atoms with Gasteiger partial charge < -0.3 is 37.1 Å². The van der Waals surface area contributed by atoms with E-state index in [-0.39, 0.29) is 56.6 Å². The van der Waals surface area contributed by atoms with Gasteiger partial charge in [0.05, 0.1) is 19.7 Å². The van der Waals surface area contributed by atoms with E-state index in [9.17, 15) is 24.0 Å². The molecule has 0 unspecified atom stereocenters. The minimum Gasteiger partial charge on any atom is -0.468 e. The summed E-state index contributed by atoms with van der Waals surface area (Å²) in [5, 5.41) is 8.27. The molecule has 250 valence electrons. The fourth-order valence-electron chi connectivity index (χ4n) is 5.45. The molecule has 46 heavy (non-hydrogen) atoms. The number of benzene rings is 2. The number of hydrogen-bond donors (Lipinski definition) is 5. The Balaban J connectivity index is 1.67. The predicted octanol–water partition coefficient (Wildman–Crippen LogP) is 0.985. The Hall–Kier alpha value is -4.29. The van der Waals surface area contributed by atoms with Gasteiger partial charge in [-0.05, 0) is 36.3 Å². The molecule has 4 amide bonds. The van der Waals surface area contributed by atoms with Gasteiger partial charge in [0.2, 0.25) is 23.6 Å². The van der Waals surface area contributed by atoms with E-state index < -0.39 is 47.4 Å². The van der Waals surface area contributed by atoms with E-state index >= 15 is 0 Å². The maximum Gasteiger partial charge on any atom is 0.325 e. The van der Waals surface area contributed by atoms with Crippen LogP contribution >= 0.6 is 0 Å². The lowest BCUT2D eigenvalue weighted by Crippen LogP contribution is -2.59. The normalized spacial score (nSPS) is 16.8. The number of carbonyl (C=O) groups excluding carboxylic acids is 5. The first kappa shape index (κ1) is 36.2. The third-order valence-electron chi connectivity index (χ3n) is 8.44. The van der Waals surface area contributed by atoms with Crippen LogP contribution in [0, 0.1) is 5.92 Å².